The Morgan fingerprint density at radius 3 is 3.17 bits per heavy atom. The molecule has 4 heteroatoms. The molecule has 0 bridgehead atoms. The molecule has 1 rings (SSSR count). The molecule has 0 aromatic carbocycles. The molecule has 0 amide bonds. The van der Waals surface area contributed by atoms with E-state index in [0.29, 0.717) is 10.5 Å². The van der Waals surface area contributed by atoms with Crippen LogP contribution in [0.15, 0.2) is 26.7 Å². The molecule has 0 fully saturated rings. The maximum absolute atomic E-state index is 10.4. The summed E-state index contributed by atoms with van der Waals surface area (Å²) in [4.78, 5) is 10.4. The van der Waals surface area contributed by atoms with E-state index < -0.39 is 0 Å². The molecule has 1 heterocycles. The van der Waals surface area contributed by atoms with Gasteiger partial charge < -0.3 is 5.32 Å². The lowest BCUT2D eigenvalue weighted by Gasteiger charge is -2.02. The lowest BCUT2D eigenvalue weighted by atomic mass is 10.3. The molecule has 0 aromatic heterocycles. The van der Waals surface area contributed by atoms with Crippen LogP contribution in [0.25, 0.3) is 0 Å². The summed E-state index contributed by atoms with van der Waals surface area (Å²) in [5.74, 6) is 0. The fourth-order valence-electron chi connectivity index (χ4n) is 0.952. The van der Waals surface area contributed by atoms with Crippen molar-refractivity contribution in [2.45, 2.75) is 24.3 Å². The Hall–Kier alpha value is -0.390. The highest BCUT2D eigenvalue weighted by molar-refractivity contribution is 5.08. The quantitative estimate of drug-likeness (QED) is 0.287. The molecule has 0 aromatic rings. The van der Waals surface area contributed by atoms with E-state index in [1.54, 1.807) is 0 Å². The van der Waals surface area contributed by atoms with Crippen molar-refractivity contribution in [2.24, 2.45) is 5.18 Å². The smallest absolute Gasteiger partial charge is 0.336 e. The largest absolute Gasteiger partial charge is 0.349 e. The minimum Gasteiger partial charge on any atom is -0.349 e. The monoisotopic (exact) mass is 279 g/mol. The first-order valence-corrected chi connectivity index (χ1v) is 6.14. The van der Waals surface area contributed by atoms with Crippen LogP contribution in [0.2, 0.25) is 0 Å². The van der Waals surface area contributed by atoms with E-state index in [0.717, 1.165) is 5.70 Å². The number of nitrogens with one attached hydrogen (secondary N) is 1. The van der Waals surface area contributed by atoms with E-state index in [-0.39, 0.29) is 21.2 Å². The second kappa shape index (κ2) is 4.59. The van der Waals surface area contributed by atoms with Gasteiger partial charge in [0.1, 0.15) is 5.70 Å². The SMILES string of the molecule is CC1=C(N=O)CC=CNC(C)[I+]1. The molecule has 0 saturated heterocycles. The van der Waals surface area contributed by atoms with Crippen LogP contribution in [0, 0.1) is 4.91 Å². The molecule has 12 heavy (non-hydrogen) atoms. The zero-order valence-corrected chi connectivity index (χ0v) is 9.33. The molecule has 1 unspecified atom stereocenters. The number of nitrogens with zero attached hydrogens (tertiary/aromatic N) is 1. The van der Waals surface area contributed by atoms with Crippen molar-refractivity contribution in [3.05, 3.63) is 26.5 Å². The third-order valence-corrected chi connectivity index (χ3v) is 4.44. The third kappa shape index (κ3) is 2.58. The molecule has 0 saturated carbocycles. The summed E-state index contributed by atoms with van der Waals surface area (Å²) in [6.45, 7) is 4.15. The Bertz CT molecular complexity index is 235. The molecule has 0 aliphatic carbocycles. The highest BCUT2D eigenvalue weighted by Crippen LogP contribution is 2.05. The third-order valence-electron chi connectivity index (χ3n) is 1.59. The van der Waals surface area contributed by atoms with Gasteiger partial charge in [-0.3, -0.25) is 0 Å². The highest BCUT2D eigenvalue weighted by atomic mass is 127. The summed E-state index contributed by atoms with van der Waals surface area (Å²) < 4.78 is 1.70. The van der Waals surface area contributed by atoms with Crippen LogP contribution < -0.4 is 26.5 Å². The minimum atomic E-state index is -0.0790. The average molecular weight is 279 g/mol. The number of rotatable bonds is 1. The van der Waals surface area contributed by atoms with Gasteiger partial charge in [-0.15, -0.1) is 4.91 Å². The second-order valence-electron chi connectivity index (χ2n) is 2.57. The molecule has 1 atom stereocenters. The summed E-state index contributed by atoms with van der Waals surface area (Å²) in [6, 6.07) is 0. The predicted octanol–water partition coefficient (Wildman–Crippen LogP) is -1.07. The number of halogens is 1. The summed E-state index contributed by atoms with van der Waals surface area (Å²) >= 11 is -0.0790. The van der Waals surface area contributed by atoms with E-state index >= 15 is 0 Å². The summed E-state index contributed by atoms with van der Waals surface area (Å²) in [6.07, 6.45) is 4.54. The van der Waals surface area contributed by atoms with Crippen molar-refractivity contribution in [2.75, 3.05) is 0 Å². The van der Waals surface area contributed by atoms with Crippen LogP contribution in [-0.2, 0) is 0 Å². The Morgan fingerprint density at radius 2 is 2.50 bits per heavy atom. The van der Waals surface area contributed by atoms with Crippen molar-refractivity contribution in [1.82, 2.24) is 5.32 Å². The van der Waals surface area contributed by atoms with Gasteiger partial charge in [-0.05, 0) is 11.4 Å². The van der Waals surface area contributed by atoms with Crippen molar-refractivity contribution >= 4 is 0 Å². The van der Waals surface area contributed by atoms with Gasteiger partial charge in [-0.25, -0.2) is 0 Å². The fourth-order valence-corrected chi connectivity index (χ4v) is 3.42. The molecule has 0 radical (unpaired) electrons. The van der Waals surface area contributed by atoms with Crippen molar-refractivity contribution in [3.63, 3.8) is 0 Å². The average Bonchev–Trinajstić information content (AvgIpc) is 2.01. The maximum Gasteiger partial charge on any atom is 0.336 e. The summed E-state index contributed by atoms with van der Waals surface area (Å²) in [5, 5.41) is 6.29. The predicted molar refractivity (Wildman–Crippen MR) is 44.8 cm³/mol. The molecular formula is C8H12IN2O+. The van der Waals surface area contributed by atoms with Gasteiger partial charge in [0.15, 0.2) is 3.58 Å². The molecule has 0 spiro atoms. The topological polar surface area (TPSA) is 41.5 Å². The molecule has 66 valence electrons. The van der Waals surface area contributed by atoms with Gasteiger partial charge >= 0.3 is 21.2 Å². The summed E-state index contributed by atoms with van der Waals surface area (Å²) in [7, 11) is 0. The standard InChI is InChI=1S/C8H12IN2O/c1-6-8(11-12)4-3-5-10-7(2)9-6/h3,5,7,10H,4H2,1-2H3/q+1. The lowest BCUT2D eigenvalue weighted by molar-refractivity contribution is -0.645. The molecule has 3 nitrogen and oxygen atoms in total. The van der Waals surface area contributed by atoms with E-state index in [4.69, 9.17) is 0 Å². The molecule has 1 N–H and O–H groups in total. The Kier molecular flexibility index (Phi) is 3.71. The maximum atomic E-state index is 10.4. The van der Waals surface area contributed by atoms with Gasteiger partial charge in [0.25, 0.3) is 0 Å². The molecule has 1 aliphatic heterocycles. The first-order valence-electron chi connectivity index (χ1n) is 3.81. The van der Waals surface area contributed by atoms with E-state index in [9.17, 15) is 4.91 Å². The lowest BCUT2D eigenvalue weighted by Crippen LogP contribution is -3.65. The van der Waals surface area contributed by atoms with Crippen LogP contribution in [0.4, 0.5) is 0 Å². The van der Waals surface area contributed by atoms with Gasteiger partial charge in [-0.2, -0.15) is 0 Å². The van der Waals surface area contributed by atoms with Crippen LogP contribution in [0.5, 0.6) is 0 Å². The number of allylic oxidation sites excluding steroid dienone is 2. The van der Waals surface area contributed by atoms with Crippen molar-refractivity contribution in [1.29, 1.82) is 0 Å². The van der Waals surface area contributed by atoms with Gasteiger partial charge in [0.2, 0.25) is 4.05 Å². The minimum absolute atomic E-state index is 0.0790. The fraction of sp³-hybridized carbons (Fsp3) is 0.500. The van der Waals surface area contributed by atoms with Crippen molar-refractivity contribution in [3.8, 4) is 0 Å². The van der Waals surface area contributed by atoms with E-state index in [1.807, 2.05) is 19.2 Å². The highest BCUT2D eigenvalue weighted by Gasteiger charge is 2.24. The first kappa shape index (κ1) is 9.70. The van der Waals surface area contributed by atoms with Gasteiger partial charge in [0, 0.05) is 20.3 Å². The zero-order valence-electron chi connectivity index (χ0n) is 7.17. The van der Waals surface area contributed by atoms with Gasteiger partial charge in [0.05, 0.1) is 0 Å². The number of nitroso groups, excluding NO2 is 1. The summed E-state index contributed by atoms with van der Waals surface area (Å²) in [5.41, 5.74) is 0.729. The van der Waals surface area contributed by atoms with Crippen LogP contribution >= 0.6 is 0 Å². The van der Waals surface area contributed by atoms with Crippen LogP contribution in [0.3, 0.4) is 0 Å². The number of alkyl halides is 1. The van der Waals surface area contributed by atoms with E-state index in [2.05, 4.69) is 17.4 Å². The Morgan fingerprint density at radius 1 is 1.75 bits per heavy atom. The van der Waals surface area contributed by atoms with E-state index in [1.165, 1.54) is 3.58 Å². The number of hydrogen-bond acceptors (Lipinski definition) is 3. The molecular weight excluding hydrogens is 267 g/mol. The van der Waals surface area contributed by atoms with Crippen molar-refractivity contribution < 1.29 is 21.2 Å². The Labute approximate surface area is 82.5 Å². The second-order valence-corrected chi connectivity index (χ2v) is 6.68. The normalized spacial score (nSPS) is 24.3. The molecule has 1 aliphatic rings. The Balaban J connectivity index is 2.79. The first-order chi connectivity index (χ1) is 5.74. The zero-order chi connectivity index (χ0) is 8.97. The van der Waals surface area contributed by atoms with Crippen LogP contribution in [-0.4, -0.2) is 4.05 Å². The van der Waals surface area contributed by atoms with Crippen LogP contribution in [0.1, 0.15) is 20.3 Å². The van der Waals surface area contributed by atoms with Gasteiger partial charge in [-0.1, -0.05) is 6.08 Å². The number of hydrogen-bond donors (Lipinski definition) is 1.